The maximum atomic E-state index is 5.26. The van der Waals surface area contributed by atoms with E-state index in [4.69, 9.17) is 9.98 Å². The van der Waals surface area contributed by atoms with Crippen LogP contribution in [-0.2, 0) is 0 Å². The summed E-state index contributed by atoms with van der Waals surface area (Å²) in [6, 6.07) is 13.4. The summed E-state index contributed by atoms with van der Waals surface area (Å²) in [7, 11) is 0. The molecule has 1 aromatic carbocycles. The molecule has 0 spiro atoms. The Morgan fingerprint density at radius 2 is 1.71 bits per heavy atom. The number of nitrogens with zero attached hydrogens (tertiary/aromatic N) is 3. The Balaban J connectivity index is 1.55. The van der Waals surface area contributed by atoms with E-state index in [2.05, 4.69) is 55.1 Å². The molecule has 2 atom stereocenters. The molecule has 2 aliphatic heterocycles. The Labute approximate surface area is 169 Å². The van der Waals surface area contributed by atoms with Crippen LogP contribution in [0, 0.1) is 23.7 Å². The molecule has 0 N–H and O–H groups in total. The van der Waals surface area contributed by atoms with Crippen LogP contribution in [0.15, 0.2) is 41.4 Å². The molecule has 3 heterocycles. The lowest BCUT2D eigenvalue weighted by Gasteiger charge is -2.39. The zero-order valence-electron chi connectivity index (χ0n) is 17.3. The van der Waals surface area contributed by atoms with Crippen LogP contribution in [0.4, 0.5) is 5.82 Å². The lowest BCUT2D eigenvalue weighted by molar-refractivity contribution is 0.123. The van der Waals surface area contributed by atoms with Gasteiger partial charge in [-0.3, -0.25) is 0 Å². The molecule has 2 saturated heterocycles. The van der Waals surface area contributed by atoms with Crippen molar-refractivity contribution in [1.82, 2.24) is 9.88 Å². The number of aromatic nitrogens is 1. The molecule has 4 bridgehead atoms. The normalized spacial score (nSPS) is 30.5. The number of aliphatic imine (C=N–C) groups is 1. The number of para-hydroxylation sites is 1. The Morgan fingerprint density at radius 1 is 0.964 bits per heavy atom. The maximum Gasteiger partial charge on any atom is 0.154 e. The molecule has 2 unspecified atom stereocenters. The van der Waals surface area contributed by atoms with Crippen molar-refractivity contribution in [2.75, 3.05) is 6.54 Å². The fraction of sp³-hybridized carbons (Fsp3) is 0.600. The minimum absolute atomic E-state index is 0.638. The highest BCUT2D eigenvalue weighted by Gasteiger charge is 2.45. The molecule has 4 aliphatic rings. The van der Waals surface area contributed by atoms with Crippen LogP contribution in [0.25, 0.3) is 10.9 Å². The number of pyridine rings is 1. The molecular formula is C25H33N3. The van der Waals surface area contributed by atoms with Crippen LogP contribution in [0.2, 0.25) is 0 Å². The average molecular weight is 376 g/mol. The molecule has 3 heteroatoms. The lowest BCUT2D eigenvalue weighted by Crippen LogP contribution is -2.43. The van der Waals surface area contributed by atoms with E-state index in [1.165, 1.54) is 62.7 Å². The summed E-state index contributed by atoms with van der Waals surface area (Å²) in [6.07, 6.45) is 9.46. The predicted molar refractivity (Wildman–Crippen MR) is 117 cm³/mol. The second-order valence-corrected chi connectivity index (χ2v) is 9.43. The predicted octanol–water partition coefficient (Wildman–Crippen LogP) is 6.21. The van der Waals surface area contributed by atoms with Crippen molar-refractivity contribution in [3.63, 3.8) is 0 Å². The highest BCUT2D eigenvalue weighted by molar-refractivity contribution is 5.89. The molecule has 0 radical (unpaired) electrons. The molecule has 2 aromatic rings. The zero-order chi connectivity index (χ0) is 19.1. The van der Waals surface area contributed by atoms with E-state index in [-0.39, 0.29) is 0 Å². The van der Waals surface area contributed by atoms with Gasteiger partial charge in [0, 0.05) is 23.9 Å². The molecule has 148 valence electrons. The van der Waals surface area contributed by atoms with Gasteiger partial charge in [-0.25, -0.2) is 9.98 Å². The summed E-state index contributed by atoms with van der Waals surface area (Å²) in [4.78, 5) is 12.9. The largest absolute Gasteiger partial charge is 0.356 e. The van der Waals surface area contributed by atoms with Gasteiger partial charge >= 0.3 is 0 Å². The smallest absolute Gasteiger partial charge is 0.154 e. The van der Waals surface area contributed by atoms with Crippen molar-refractivity contribution in [1.29, 1.82) is 0 Å². The van der Waals surface area contributed by atoms with Gasteiger partial charge in [-0.1, -0.05) is 44.9 Å². The van der Waals surface area contributed by atoms with Crippen LogP contribution in [-0.4, -0.2) is 28.3 Å². The van der Waals surface area contributed by atoms with Crippen LogP contribution in [0.3, 0.4) is 0 Å². The highest BCUT2D eigenvalue weighted by Crippen LogP contribution is 2.49. The minimum Gasteiger partial charge on any atom is -0.356 e. The number of hydrogen-bond acceptors (Lipinski definition) is 2. The summed E-state index contributed by atoms with van der Waals surface area (Å²) < 4.78 is 0. The summed E-state index contributed by atoms with van der Waals surface area (Å²) >= 11 is 0. The van der Waals surface area contributed by atoms with E-state index in [1.54, 1.807) is 0 Å². The lowest BCUT2D eigenvalue weighted by atomic mass is 9.68. The molecule has 1 aromatic heterocycles. The molecule has 2 saturated carbocycles. The SMILES string of the molecule is CCC(CC)CN1C(=Nc2ccc3ccccc3n2)C2CC3CC(C2)CC1C3. The van der Waals surface area contributed by atoms with Gasteiger partial charge in [-0.15, -0.1) is 0 Å². The van der Waals surface area contributed by atoms with E-state index in [0.29, 0.717) is 12.0 Å². The number of fused-ring (bicyclic) bond motifs is 2. The van der Waals surface area contributed by atoms with Gasteiger partial charge in [0.2, 0.25) is 0 Å². The first-order valence-electron chi connectivity index (χ1n) is 11.4. The summed E-state index contributed by atoms with van der Waals surface area (Å²) in [6.45, 7) is 5.87. The van der Waals surface area contributed by atoms with Gasteiger partial charge < -0.3 is 4.90 Å². The van der Waals surface area contributed by atoms with Crippen molar-refractivity contribution in [3.05, 3.63) is 36.4 Å². The molecule has 4 fully saturated rings. The molecule has 2 aliphatic carbocycles. The fourth-order valence-corrected chi connectivity index (χ4v) is 6.16. The molecule has 3 nitrogen and oxygen atoms in total. The standard InChI is InChI=1S/C25H33N3/c1-3-17(4-2)16-28-22-14-18-11-19(15-22)13-21(12-18)25(28)27-24-10-9-20-7-5-6-8-23(20)26-24/h5-10,17-19,21-22H,3-4,11-16H2,1-2H3. The topological polar surface area (TPSA) is 28.5 Å². The second kappa shape index (κ2) is 7.50. The fourth-order valence-electron chi connectivity index (χ4n) is 6.16. The minimum atomic E-state index is 0.638. The number of hydrogen-bond donors (Lipinski definition) is 0. The zero-order valence-corrected chi connectivity index (χ0v) is 17.3. The third kappa shape index (κ3) is 3.33. The first kappa shape index (κ1) is 18.1. The van der Waals surface area contributed by atoms with Crippen molar-refractivity contribution >= 4 is 22.6 Å². The average Bonchev–Trinajstić information content (AvgIpc) is 2.87. The maximum absolute atomic E-state index is 5.26. The van der Waals surface area contributed by atoms with Crippen molar-refractivity contribution in [3.8, 4) is 0 Å². The second-order valence-electron chi connectivity index (χ2n) is 9.43. The first-order valence-corrected chi connectivity index (χ1v) is 11.4. The monoisotopic (exact) mass is 375 g/mol. The summed E-state index contributed by atoms with van der Waals surface area (Å²) in [5.74, 6) is 5.51. The van der Waals surface area contributed by atoms with Crippen molar-refractivity contribution < 1.29 is 0 Å². The van der Waals surface area contributed by atoms with Crippen LogP contribution < -0.4 is 0 Å². The molecule has 0 amide bonds. The Hall–Kier alpha value is -1.90. The quantitative estimate of drug-likeness (QED) is 0.621. The van der Waals surface area contributed by atoms with Gasteiger partial charge in [0.05, 0.1) is 5.52 Å². The van der Waals surface area contributed by atoms with Gasteiger partial charge in [0.15, 0.2) is 5.82 Å². The Kier molecular flexibility index (Phi) is 4.86. The van der Waals surface area contributed by atoms with Crippen molar-refractivity contribution in [2.45, 2.75) is 64.8 Å². The van der Waals surface area contributed by atoms with Crippen LogP contribution in [0.5, 0.6) is 0 Å². The third-order valence-electron chi connectivity index (χ3n) is 7.64. The highest BCUT2D eigenvalue weighted by atomic mass is 15.2. The van der Waals surface area contributed by atoms with Gasteiger partial charge in [-0.2, -0.15) is 0 Å². The number of benzene rings is 1. The van der Waals surface area contributed by atoms with Gasteiger partial charge in [0.1, 0.15) is 5.84 Å². The summed E-state index contributed by atoms with van der Waals surface area (Å²) in [5.41, 5.74) is 1.05. The van der Waals surface area contributed by atoms with E-state index in [9.17, 15) is 0 Å². The third-order valence-corrected chi connectivity index (χ3v) is 7.64. The molecule has 28 heavy (non-hydrogen) atoms. The molecular weight excluding hydrogens is 342 g/mol. The Morgan fingerprint density at radius 3 is 2.46 bits per heavy atom. The van der Waals surface area contributed by atoms with Gasteiger partial charge in [0.25, 0.3) is 0 Å². The number of amidine groups is 1. The van der Waals surface area contributed by atoms with Gasteiger partial charge in [-0.05, 0) is 68.1 Å². The van der Waals surface area contributed by atoms with E-state index < -0.39 is 0 Å². The van der Waals surface area contributed by atoms with E-state index in [1.807, 2.05) is 0 Å². The van der Waals surface area contributed by atoms with E-state index >= 15 is 0 Å². The van der Waals surface area contributed by atoms with E-state index in [0.717, 1.165) is 29.1 Å². The van der Waals surface area contributed by atoms with Crippen LogP contribution in [0.1, 0.15) is 58.8 Å². The van der Waals surface area contributed by atoms with Crippen LogP contribution >= 0.6 is 0 Å². The summed E-state index contributed by atoms with van der Waals surface area (Å²) in [5, 5.41) is 1.20. The molecule has 6 rings (SSSR count). The first-order chi connectivity index (χ1) is 13.7. The number of rotatable bonds is 5. The Bertz CT molecular complexity index is 855. The van der Waals surface area contributed by atoms with Crippen molar-refractivity contribution in [2.24, 2.45) is 28.7 Å².